The zero-order valence-electron chi connectivity index (χ0n) is 18.5. The number of fused-ring (bicyclic) bond motifs is 1. The van der Waals surface area contributed by atoms with Gasteiger partial charge in [-0.1, -0.05) is 24.3 Å². The van der Waals surface area contributed by atoms with E-state index in [1.54, 1.807) is 31.4 Å². The molecule has 0 saturated carbocycles. The molecule has 1 saturated heterocycles. The molecule has 5 rings (SSSR count). The molecule has 1 aliphatic rings. The van der Waals surface area contributed by atoms with Crippen LogP contribution in [-0.2, 0) is 9.84 Å². The van der Waals surface area contributed by atoms with Crippen LogP contribution < -0.4 is 10.1 Å². The Kier molecular flexibility index (Phi) is 5.61. The molecule has 4 aromatic rings. The first-order valence-electron chi connectivity index (χ1n) is 10.9. The Labute approximate surface area is 196 Å². The summed E-state index contributed by atoms with van der Waals surface area (Å²) in [5, 5.41) is 3.74. The Balaban J connectivity index is 1.61. The molecule has 6 nitrogen and oxygen atoms in total. The fourth-order valence-electron chi connectivity index (χ4n) is 4.44. The van der Waals surface area contributed by atoms with Crippen LogP contribution in [0.4, 0.5) is 4.39 Å². The van der Waals surface area contributed by atoms with Gasteiger partial charge >= 0.3 is 0 Å². The summed E-state index contributed by atoms with van der Waals surface area (Å²) in [7, 11) is -1.48. The van der Waals surface area contributed by atoms with E-state index < -0.39 is 9.84 Å². The second kappa shape index (κ2) is 8.61. The number of carbonyl (C=O) groups excluding carboxylic acids is 1. The molecule has 0 radical (unpaired) electrons. The third-order valence-corrected chi connectivity index (χ3v) is 7.91. The maximum atomic E-state index is 13.6. The van der Waals surface area contributed by atoms with E-state index in [9.17, 15) is 17.6 Å². The monoisotopic (exact) mass is 478 g/mol. The van der Waals surface area contributed by atoms with Crippen LogP contribution in [0.3, 0.4) is 0 Å². The third-order valence-electron chi connectivity index (χ3n) is 6.14. The molecule has 174 valence electrons. The van der Waals surface area contributed by atoms with E-state index in [2.05, 4.69) is 5.32 Å². The highest BCUT2D eigenvalue weighted by Crippen LogP contribution is 2.38. The number of carbonyl (C=O) groups is 1. The molecule has 0 bridgehead atoms. The Morgan fingerprint density at radius 2 is 1.82 bits per heavy atom. The summed E-state index contributed by atoms with van der Waals surface area (Å²) >= 11 is 0. The van der Waals surface area contributed by atoms with Crippen LogP contribution in [0.2, 0.25) is 0 Å². The Morgan fingerprint density at radius 3 is 2.53 bits per heavy atom. The molecule has 8 heteroatoms. The SMILES string of the molecule is COc1ccccc1-c1cn(-c2ccc(F)cc2)c2cc(C(=O)NC3CCS(=O)(=O)C3)ccc12. The molecule has 1 aliphatic heterocycles. The quantitative estimate of drug-likeness (QED) is 0.462. The lowest BCUT2D eigenvalue weighted by atomic mass is 10.0. The van der Waals surface area contributed by atoms with E-state index in [1.165, 1.54) is 12.1 Å². The third kappa shape index (κ3) is 4.17. The molecule has 1 N–H and O–H groups in total. The first-order valence-corrected chi connectivity index (χ1v) is 12.7. The van der Waals surface area contributed by atoms with Crippen molar-refractivity contribution in [1.82, 2.24) is 9.88 Å². The minimum absolute atomic E-state index is 0.0368. The van der Waals surface area contributed by atoms with Gasteiger partial charge in [0.2, 0.25) is 0 Å². The summed E-state index contributed by atoms with van der Waals surface area (Å²) < 4.78 is 44.6. The van der Waals surface area contributed by atoms with Gasteiger partial charge in [-0.05, 0) is 48.9 Å². The van der Waals surface area contributed by atoms with Gasteiger partial charge in [-0.2, -0.15) is 0 Å². The summed E-state index contributed by atoms with van der Waals surface area (Å²) in [6.07, 6.45) is 2.36. The van der Waals surface area contributed by atoms with E-state index in [-0.39, 0.29) is 29.3 Å². The second-order valence-electron chi connectivity index (χ2n) is 8.39. The van der Waals surface area contributed by atoms with Gasteiger partial charge in [0.25, 0.3) is 5.91 Å². The first kappa shape index (κ1) is 22.2. The molecule has 34 heavy (non-hydrogen) atoms. The molecule has 2 heterocycles. The lowest BCUT2D eigenvalue weighted by Gasteiger charge is -2.12. The van der Waals surface area contributed by atoms with Crippen molar-refractivity contribution in [2.24, 2.45) is 0 Å². The van der Waals surface area contributed by atoms with Gasteiger partial charge in [-0.3, -0.25) is 4.79 Å². The first-order chi connectivity index (χ1) is 16.3. The molecule has 1 amide bonds. The van der Waals surface area contributed by atoms with Crippen molar-refractivity contribution < 1.29 is 22.3 Å². The maximum Gasteiger partial charge on any atom is 0.251 e. The predicted molar refractivity (Wildman–Crippen MR) is 130 cm³/mol. The standard InChI is InChI=1S/C26H23FN2O4S/c1-33-25-5-3-2-4-22(25)23-15-29(20-9-7-18(27)8-10-20)24-14-17(6-11-21(23)24)26(30)28-19-12-13-34(31,32)16-19/h2-11,14-15,19H,12-13,16H2,1H3,(H,28,30). The summed E-state index contributed by atoms with van der Waals surface area (Å²) in [5.41, 5.74) is 3.73. The van der Waals surface area contributed by atoms with Crippen molar-refractivity contribution in [3.63, 3.8) is 0 Å². The highest BCUT2D eigenvalue weighted by molar-refractivity contribution is 7.91. The highest BCUT2D eigenvalue weighted by atomic mass is 32.2. The molecule has 1 fully saturated rings. The zero-order chi connectivity index (χ0) is 23.9. The van der Waals surface area contributed by atoms with Gasteiger partial charge in [-0.25, -0.2) is 12.8 Å². The number of benzene rings is 3. The fraction of sp³-hybridized carbons (Fsp3) is 0.192. The van der Waals surface area contributed by atoms with Gasteiger partial charge in [0.15, 0.2) is 9.84 Å². The van der Waals surface area contributed by atoms with E-state index in [0.717, 1.165) is 27.7 Å². The lowest BCUT2D eigenvalue weighted by Crippen LogP contribution is -2.35. The van der Waals surface area contributed by atoms with Crippen molar-refractivity contribution in [3.8, 4) is 22.6 Å². The normalized spacial score (nSPS) is 17.1. The molecule has 1 atom stereocenters. The molecule has 0 spiro atoms. The topological polar surface area (TPSA) is 77.4 Å². The van der Waals surface area contributed by atoms with Gasteiger partial charge in [-0.15, -0.1) is 0 Å². The summed E-state index contributed by atoms with van der Waals surface area (Å²) in [6, 6.07) is 18.8. The van der Waals surface area contributed by atoms with Crippen LogP contribution >= 0.6 is 0 Å². The van der Waals surface area contributed by atoms with Gasteiger partial charge < -0.3 is 14.6 Å². The molecule has 3 aromatic carbocycles. The second-order valence-corrected chi connectivity index (χ2v) is 10.6. The number of ether oxygens (including phenoxy) is 1. The smallest absolute Gasteiger partial charge is 0.251 e. The van der Waals surface area contributed by atoms with Crippen LogP contribution in [-0.4, -0.2) is 43.5 Å². The van der Waals surface area contributed by atoms with Gasteiger partial charge in [0.1, 0.15) is 11.6 Å². The fourth-order valence-corrected chi connectivity index (χ4v) is 6.12. The van der Waals surface area contributed by atoms with Gasteiger partial charge in [0, 0.05) is 40.0 Å². The number of sulfone groups is 1. The Bertz CT molecular complexity index is 1490. The van der Waals surface area contributed by atoms with E-state index >= 15 is 0 Å². The predicted octanol–water partition coefficient (Wildman–Crippen LogP) is 4.36. The molecular weight excluding hydrogens is 455 g/mol. The van der Waals surface area contributed by atoms with Crippen LogP contribution in [0.5, 0.6) is 5.75 Å². The lowest BCUT2D eigenvalue weighted by molar-refractivity contribution is 0.0941. The Hall–Kier alpha value is -3.65. The summed E-state index contributed by atoms with van der Waals surface area (Å²) in [4.78, 5) is 12.9. The number of para-hydroxylation sites is 1. The highest BCUT2D eigenvalue weighted by Gasteiger charge is 2.29. The van der Waals surface area contributed by atoms with Crippen molar-refractivity contribution in [3.05, 3.63) is 84.3 Å². The van der Waals surface area contributed by atoms with Crippen LogP contribution in [0.25, 0.3) is 27.7 Å². The summed E-state index contributed by atoms with van der Waals surface area (Å²) in [6.45, 7) is 0. The van der Waals surface area contributed by atoms with Gasteiger partial charge in [0.05, 0.1) is 24.1 Å². The van der Waals surface area contributed by atoms with Crippen molar-refractivity contribution in [2.45, 2.75) is 12.5 Å². The van der Waals surface area contributed by atoms with E-state index in [1.807, 2.05) is 41.1 Å². The Morgan fingerprint density at radius 1 is 1.06 bits per heavy atom. The number of amides is 1. The molecule has 1 aromatic heterocycles. The number of nitrogens with zero attached hydrogens (tertiary/aromatic N) is 1. The minimum Gasteiger partial charge on any atom is -0.496 e. The van der Waals surface area contributed by atoms with E-state index in [4.69, 9.17) is 4.74 Å². The number of hydrogen-bond acceptors (Lipinski definition) is 4. The maximum absolute atomic E-state index is 13.6. The van der Waals surface area contributed by atoms with E-state index in [0.29, 0.717) is 17.7 Å². The van der Waals surface area contributed by atoms with Crippen molar-refractivity contribution >= 4 is 26.6 Å². The molecule has 1 unspecified atom stereocenters. The average molecular weight is 479 g/mol. The minimum atomic E-state index is -3.10. The van der Waals surface area contributed by atoms with Crippen molar-refractivity contribution in [1.29, 1.82) is 0 Å². The average Bonchev–Trinajstić information content (AvgIpc) is 3.38. The molecule has 0 aliphatic carbocycles. The number of methoxy groups -OCH3 is 1. The number of hydrogen-bond donors (Lipinski definition) is 1. The van der Waals surface area contributed by atoms with Crippen LogP contribution in [0, 0.1) is 5.82 Å². The largest absolute Gasteiger partial charge is 0.496 e. The number of nitrogens with one attached hydrogen (secondary N) is 1. The number of aromatic nitrogens is 1. The summed E-state index contributed by atoms with van der Waals surface area (Å²) in [5.74, 6) is 0.105. The molecular formula is C26H23FN2O4S. The number of rotatable bonds is 5. The zero-order valence-corrected chi connectivity index (χ0v) is 19.3. The van der Waals surface area contributed by atoms with Crippen LogP contribution in [0.15, 0.2) is 72.9 Å². The van der Waals surface area contributed by atoms with Crippen LogP contribution in [0.1, 0.15) is 16.8 Å². The number of halogens is 1. The van der Waals surface area contributed by atoms with Crippen molar-refractivity contribution in [2.75, 3.05) is 18.6 Å².